The maximum absolute atomic E-state index is 5.42. The van der Waals surface area contributed by atoms with Gasteiger partial charge in [-0.3, -0.25) is 9.38 Å². The summed E-state index contributed by atoms with van der Waals surface area (Å²) in [5, 5.41) is 8.50. The number of hydrogen-bond donors (Lipinski definition) is 0. The second-order valence-electron chi connectivity index (χ2n) is 5.15. The smallest absolute Gasteiger partial charge is 0.215 e. The predicted octanol–water partition coefficient (Wildman–Crippen LogP) is 2.06. The van der Waals surface area contributed by atoms with Gasteiger partial charge in [-0.1, -0.05) is 0 Å². The summed E-state index contributed by atoms with van der Waals surface area (Å²) in [6.07, 6.45) is 3.34. The zero-order chi connectivity index (χ0) is 16.7. The first kappa shape index (κ1) is 14.3. The van der Waals surface area contributed by atoms with E-state index >= 15 is 0 Å². The van der Waals surface area contributed by atoms with Crippen molar-refractivity contribution in [3.8, 4) is 23.0 Å². The van der Waals surface area contributed by atoms with Crippen LogP contribution in [0, 0.1) is 6.92 Å². The van der Waals surface area contributed by atoms with Crippen molar-refractivity contribution in [2.45, 2.75) is 6.92 Å². The van der Waals surface area contributed by atoms with Crippen LogP contribution >= 0.6 is 0 Å². The van der Waals surface area contributed by atoms with Crippen LogP contribution in [0.5, 0.6) is 11.6 Å². The molecule has 120 valence electrons. The summed E-state index contributed by atoms with van der Waals surface area (Å²) in [6.45, 7) is 1.88. The maximum atomic E-state index is 5.42. The number of hydrogen-bond acceptors (Lipinski definition) is 7. The first-order valence-electron chi connectivity index (χ1n) is 7.27. The number of pyridine rings is 2. The molecule has 4 aromatic heterocycles. The standard InChI is InChI=1S/C16H14N6O2/c1-9-14-21-20-11-4-5-13(24-3)19-16(11)22(14)15(18-9)10-6-7-17-8-12(10)23-2/h4-8H,1-3H3. The molecule has 0 saturated carbocycles. The van der Waals surface area contributed by atoms with Gasteiger partial charge in [-0.25, -0.2) is 4.98 Å². The van der Waals surface area contributed by atoms with E-state index in [0.717, 1.165) is 11.3 Å². The molecule has 0 aliphatic carbocycles. The first-order valence-corrected chi connectivity index (χ1v) is 7.27. The molecular formula is C16H14N6O2. The Morgan fingerprint density at radius 3 is 2.62 bits per heavy atom. The van der Waals surface area contributed by atoms with Gasteiger partial charge in [-0.2, -0.15) is 4.98 Å². The highest BCUT2D eigenvalue weighted by Crippen LogP contribution is 2.31. The Hall–Kier alpha value is -3.29. The molecule has 0 aliphatic heterocycles. The lowest BCUT2D eigenvalue weighted by atomic mass is 10.2. The summed E-state index contributed by atoms with van der Waals surface area (Å²) in [5.41, 5.74) is 3.46. The van der Waals surface area contributed by atoms with Crippen LogP contribution in [0.2, 0.25) is 0 Å². The molecule has 24 heavy (non-hydrogen) atoms. The van der Waals surface area contributed by atoms with Gasteiger partial charge in [0.25, 0.3) is 0 Å². The van der Waals surface area contributed by atoms with Crippen LogP contribution in [0.15, 0.2) is 30.6 Å². The molecule has 0 fully saturated rings. The van der Waals surface area contributed by atoms with Crippen LogP contribution in [-0.4, -0.2) is 43.8 Å². The van der Waals surface area contributed by atoms with Crippen LogP contribution in [0.1, 0.15) is 5.69 Å². The summed E-state index contributed by atoms with van der Waals surface area (Å²) >= 11 is 0. The van der Waals surface area contributed by atoms with E-state index in [1.54, 1.807) is 32.7 Å². The molecule has 8 nitrogen and oxygen atoms in total. The van der Waals surface area contributed by atoms with E-state index in [9.17, 15) is 0 Å². The Morgan fingerprint density at radius 2 is 1.83 bits per heavy atom. The number of aryl methyl sites for hydroxylation is 1. The van der Waals surface area contributed by atoms with Gasteiger partial charge in [-0.15, -0.1) is 10.2 Å². The second kappa shape index (κ2) is 5.41. The van der Waals surface area contributed by atoms with Crippen molar-refractivity contribution < 1.29 is 9.47 Å². The third kappa shape index (κ3) is 2.03. The fourth-order valence-electron chi connectivity index (χ4n) is 2.63. The molecule has 0 atom stereocenters. The van der Waals surface area contributed by atoms with Gasteiger partial charge in [0, 0.05) is 12.3 Å². The molecule has 0 radical (unpaired) electrons. The lowest BCUT2D eigenvalue weighted by Gasteiger charge is -2.08. The average molecular weight is 322 g/mol. The van der Waals surface area contributed by atoms with Gasteiger partial charge in [-0.05, 0) is 19.1 Å². The van der Waals surface area contributed by atoms with Gasteiger partial charge in [0.2, 0.25) is 5.88 Å². The number of methoxy groups -OCH3 is 2. The zero-order valence-corrected chi connectivity index (χ0v) is 13.4. The Balaban J connectivity index is 2.14. The summed E-state index contributed by atoms with van der Waals surface area (Å²) in [5.74, 6) is 1.79. The molecule has 4 rings (SSSR count). The number of fused-ring (bicyclic) bond motifs is 3. The molecule has 0 aromatic carbocycles. The molecule has 0 saturated heterocycles. The molecule has 0 spiro atoms. The topological polar surface area (TPSA) is 87.3 Å². The van der Waals surface area contributed by atoms with Crippen molar-refractivity contribution in [3.63, 3.8) is 0 Å². The van der Waals surface area contributed by atoms with E-state index in [-0.39, 0.29) is 0 Å². The molecule has 0 bridgehead atoms. The van der Waals surface area contributed by atoms with Crippen molar-refractivity contribution in [2.24, 2.45) is 0 Å². The second-order valence-corrected chi connectivity index (χ2v) is 5.15. The summed E-state index contributed by atoms with van der Waals surface area (Å²) in [7, 11) is 3.17. The molecule has 0 N–H and O–H groups in total. The van der Waals surface area contributed by atoms with Crippen LogP contribution in [0.3, 0.4) is 0 Å². The average Bonchev–Trinajstić information content (AvgIpc) is 2.98. The quantitative estimate of drug-likeness (QED) is 0.570. The molecule has 0 unspecified atom stereocenters. The normalized spacial score (nSPS) is 11.1. The van der Waals surface area contributed by atoms with E-state index in [0.29, 0.717) is 34.3 Å². The Labute approximate surface area is 137 Å². The molecule has 0 aliphatic rings. The van der Waals surface area contributed by atoms with E-state index < -0.39 is 0 Å². The predicted molar refractivity (Wildman–Crippen MR) is 87.2 cm³/mol. The van der Waals surface area contributed by atoms with Gasteiger partial charge in [0.1, 0.15) is 11.3 Å². The first-order chi connectivity index (χ1) is 11.7. The minimum atomic E-state index is 0.496. The molecular weight excluding hydrogens is 308 g/mol. The molecule has 4 heterocycles. The summed E-state index contributed by atoms with van der Waals surface area (Å²) < 4.78 is 12.5. The number of ether oxygens (including phenoxy) is 2. The molecule has 8 heteroatoms. The van der Waals surface area contributed by atoms with Crippen LogP contribution < -0.4 is 9.47 Å². The minimum Gasteiger partial charge on any atom is -0.494 e. The fourth-order valence-corrected chi connectivity index (χ4v) is 2.63. The number of nitrogens with zero attached hydrogens (tertiary/aromatic N) is 6. The molecule has 4 aromatic rings. The largest absolute Gasteiger partial charge is 0.494 e. The number of rotatable bonds is 3. The zero-order valence-electron chi connectivity index (χ0n) is 13.4. The van der Waals surface area contributed by atoms with Gasteiger partial charge >= 0.3 is 0 Å². The van der Waals surface area contributed by atoms with Crippen LogP contribution in [0.4, 0.5) is 0 Å². The molecule has 0 amide bonds. The van der Waals surface area contributed by atoms with Gasteiger partial charge in [0.05, 0.1) is 31.7 Å². The van der Waals surface area contributed by atoms with Crippen LogP contribution in [-0.2, 0) is 0 Å². The highest BCUT2D eigenvalue weighted by Gasteiger charge is 2.18. The van der Waals surface area contributed by atoms with E-state index in [1.165, 1.54) is 0 Å². The number of aromatic nitrogens is 6. The lowest BCUT2D eigenvalue weighted by Crippen LogP contribution is -2.01. The van der Waals surface area contributed by atoms with Gasteiger partial charge < -0.3 is 9.47 Å². The lowest BCUT2D eigenvalue weighted by molar-refractivity contribution is 0.399. The van der Waals surface area contributed by atoms with Crippen molar-refractivity contribution in [3.05, 3.63) is 36.3 Å². The SMILES string of the molecule is COc1ccc2nnc3c(C)nc(-c4ccncc4OC)n3c2n1. The van der Waals surface area contributed by atoms with Crippen molar-refractivity contribution in [1.29, 1.82) is 0 Å². The van der Waals surface area contributed by atoms with Crippen molar-refractivity contribution in [2.75, 3.05) is 14.2 Å². The Morgan fingerprint density at radius 1 is 0.958 bits per heavy atom. The Kier molecular flexibility index (Phi) is 3.23. The highest BCUT2D eigenvalue weighted by atomic mass is 16.5. The number of imidazole rings is 1. The Bertz CT molecular complexity index is 1060. The highest BCUT2D eigenvalue weighted by molar-refractivity contribution is 5.78. The third-order valence-corrected chi connectivity index (χ3v) is 3.77. The van der Waals surface area contributed by atoms with E-state index in [2.05, 4.69) is 25.1 Å². The van der Waals surface area contributed by atoms with E-state index in [4.69, 9.17) is 9.47 Å². The fraction of sp³-hybridized carbons (Fsp3) is 0.188. The summed E-state index contributed by atoms with van der Waals surface area (Å²) in [4.78, 5) is 13.3. The maximum Gasteiger partial charge on any atom is 0.215 e. The monoisotopic (exact) mass is 322 g/mol. The minimum absolute atomic E-state index is 0.496. The van der Waals surface area contributed by atoms with Crippen LogP contribution in [0.25, 0.3) is 28.2 Å². The van der Waals surface area contributed by atoms with Gasteiger partial charge in [0.15, 0.2) is 17.1 Å². The van der Waals surface area contributed by atoms with Crippen molar-refractivity contribution >= 4 is 16.8 Å². The van der Waals surface area contributed by atoms with E-state index in [1.807, 2.05) is 23.5 Å². The third-order valence-electron chi connectivity index (χ3n) is 3.77. The summed E-state index contributed by atoms with van der Waals surface area (Å²) in [6, 6.07) is 5.41. The van der Waals surface area contributed by atoms with Crippen molar-refractivity contribution in [1.82, 2.24) is 29.5 Å².